The molecular formula is C21H29N3O2. The summed E-state index contributed by atoms with van der Waals surface area (Å²) in [5.41, 5.74) is 4.94. The van der Waals surface area contributed by atoms with Crippen molar-refractivity contribution in [2.24, 2.45) is 0 Å². The summed E-state index contributed by atoms with van der Waals surface area (Å²) in [4.78, 5) is 21.7. The van der Waals surface area contributed by atoms with Crippen LogP contribution in [0.5, 0.6) is 0 Å². The first kappa shape index (κ1) is 18.5. The molecule has 2 aromatic rings. The Morgan fingerprint density at radius 2 is 1.96 bits per heavy atom. The number of aryl methyl sites for hydroxylation is 1. The van der Waals surface area contributed by atoms with Crippen LogP contribution >= 0.6 is 0 Å². The van der Waals surface area contributed by atoms with E-state index in [-0.39, 0.29) is 11.5 Å². The van der Waals surface area contributed by atoms with Crippen molar-refractivity contribution in [1.82, 2.24) is 14.9 Å². The van der Waals surface area contributed by atoms with E-state index in [0.717, 1.165) is 37.9 Å². The third-order valence-electron chi connectivity index (χ3n) is 4.98. The molecule has 1 aromatic carbocycles. The van der Waals surface area contributed by atoms with E-state index in [1.807, 2.05) is 0 Å². The molecule has 1 N–H and O–H groups in total. The Morgan fingerprint density at radius 1 is 1.19 bits per heavy atom. The van der Waals surface area contributed by atoms with Crippen LogP contribution in [0.1, 0.15) is 49.7 Å². The molecule has 1 amide bonds. The van der Waals surface area contributed by atoms with Gasteiger partial charge in [-0.2, -0.15) is 0 Å². The molecule has 0 spiro atoms. The number of nitrogens with zero attached hydrogens (tertiary/aromatic N) is 2. The van der Waals surface area contributed by atoms with Gasteiger partial charge in [0.05, 0.1) is 18.6 Å². The van der Waals surface area contributed by atoms with Gasteiger partial charge in [-0.25, -0.2) is 9.78 Å². The summed E-state index contributed by atoms with van der Waals surface area (Å²) >= 11 is 0. The van der Waals surface area contributed by atoms with E-state index in [0.29, 0.717) is 13.2 Å². The van der Waals surface area contributed by atoms with Crippen LogP contribution in [0.3, 0.4) is 0 Å². The van der Waals surface area contributed by atoms with E-state index in [1.54, 1.807) is 11.2 Å². The van der Waals surface area contributed by atoms with E-state index in [1.165, 1.54) is 16.8 Å². The fourth-order valence-corrected chi connectivity index (χ4v) is 3.28. The molecule has 1 aromatic heterocycles. The Morgan fingerprint density at radius 3 is 2.69 bits per heavy atom. The van der Waals surface area contributed by atoms with Crippen molar-refractivity contribution < 1.29 is 9.53 Å². The van der Waals surface area contributed by atoms with Crippen molar-refractivity contribution in [3.63, 3.8) is 0 Å². The van der Waals surface area contributed by atoms with Crippen molar-refractivity contribution in [1.29, 1.82) is 0 Å². The predicted molar refractivity (Wildman–Crippen MR) is 102 cm³/mol. The fraction of sp³-hybridized carbons (Fsp3) is 0.524. The van der Waals surface area contributed by atoms with Crippen molar-refractivity contribution in [3.8, 4) is 0 Å². The number of benzene rings is 1. The SMILES string of the molecule is CC(C)(C)c1ccc(CCOC(=O)N2CCCc3[nH]cnc3CC2)cc1. The number of hydrogen-bond acceptors (Lipinski definition) is 3. The number of H-pyrrole nitrogens is 1. The molecule has 140 valence electrons. The van der Waals surface area contributed by atoms with E-state index in [4.69, 9.17) is 4.74 Å². The quantitative estimate of drug-likeness (QED) is 0.909. The largest absolute Gasteiger partial charge is 0.449 e. The van der Waals surface area contributed by atoms with E-state index >= 15 is 0 Å². The zero-order chi connectivity index (χ0) is 18.6. The van der Waals surface area contributed by atoms with E-state index in [2.05, 4.69) is 55.0 Å². The first-order valence-electron chi connectivity index (χ1n) is 9.46. The number of nitrogens with one attached hydrogen (secondary N) is 1. The van der Waals surface area contributed by atoms with Crippen molar-refractivity contribution in [3.05, 3.63) is 53.1 Å². The fourth-order valence-electron chi connectivity index (χ4n) is 3.28. The molecule has 0 radical (unpaired) electrons. The predicted octanol–water partition coefficient (Wildman–Crippen LogP) is 3.88. The van der Waals surface area contributed by atoms with Gasteiger partial charge >= 0.3 is 6.09 Å². The smallest absolute Gasteiger partial charge is 0.409 e. The number of hydrogen-bond donors (Lipinski definition) is 1. The molecule has 26 heavy (non-hydrogen) atoms. The minimum atomic E-state index is -0.213. The monoisotopic (exact) mass is 355 g/mol. The number of amides is 1. The second kappa shape index (κ2) is 7.94. The standard InChI is InChI=1S/C21H29N3O2/c1-21(2,3)17-8-6-16(7-9-17)11-14-26-20(25)24-12-4-5-18-19(10-13-24)23-15-22-18/h6-9,15H,4-5,10-14H2,1-3H3,(H,22,23). The van der Waals surface area contributed by atoms with Gasteiger partial charge in [-0.15, -0.1) is 0 Å². The maximum absolute atomic E-state index is 12.4. The van der Waals surface area contributed by atoms with Gasteiger partial charge < -0.3 is 14.6 Å². The summed E-state index contributed by atoms with van der Waals surface area (Å²) in [5, 5.41) is 0. The summed E-state index contributed by atoms with van der Waals surface area (Å²) in [6.07, 6.45) is 4.91. The minimum Gasteiger partial charge on any atom is -0.449 e. The van der Waals surface area contributed by atoms with Crippen LogP contribution in [-0.4, -0.2) is 40.7 Å². The Balaban J connectivity index is 1.46. The van der Waals surface area contributed by atoms with Crippen LogP contribution in [0.15, 0.2) is 30.6 Å². The van der Waals surface area contributed by atoms with E-state index < -0.39 is 0 Å². The van der Waals surface area contributed by atoms with Gasteiger partial charge in [0.25, 0.3) is 0 Å². The van der Waals surface area contributed by atoms with Crippen LogP contribution in [0.2, 0.25) is 0 Å². The molecule has 0 unspecified atom stereocenters. The average Bonchev–Trinajstić information content (AvgIpc) is 3.01. The molecule has 1 aliphatic heterocycles. The molecule has 5 heteroatoms. The van der Waals surface area contributed by atoms with Gasteiger partial charge in [-0.3, -0.25) is 0 Å². The Labute approximate surface area is 155 Å². The maximum atomic E-state index is 12.4. The third kappa shape index (κ3) is 4.65. The molecule has 0 aliphatic carbocycles. The highest BCUT2D eigenvalue weighted by molar-refractivity contribution is 5.67. The van der Waals surface area contributed by atoms with Crippen LogP contribution in [-0.2, 0) is 29.4 Å². The molecule has 0 bridgehead atoms. The highest BCUT2D eigenvalue weighted by atomic mass is 16.6. The summed E-state index contributed by atoms with van der Waals surface area (Å²) < 4.78 is 5.51. The highest BCUT2D eigenvalue weighted by Gasteiger charge is 2.19. The van der Waals surface area contributed by atoms with Gasteiger partial charge in [0, 0.05) is 31.6 Å². The lowest BCUT2D eigenvalue weighted by molar-refractivity contribution is 0.102. The summed E-state index contributed by atoms with van der Waals surface area (Å²) in [7, 11) is 0. The Kier molecular flexibility index (Phi) is 5.64. The van der Waals surface area contributed by atoms with Gasteiger partial charge in [-0.1, -0.05) is 45.0 Å². The third-order valence-corrected chi connectivity index (χ3v) is 4.98. The number of imidazole rings is 1. The lowest BCUT2D eigenvalue weighted by Gasteiger charge is -2.24. The van der Waals surface area contributed by atoms with Crippen LogP contribution in [0.25, 0.3) is 0 Å². The van der Waals surface area contributed by atoms with Gasteiger partial charge in [0.1, 0.15) is 0 Å². The van der Waals surface area contributed by atoms with Crippen molar-refractivity contribution in [2.75, 3.05) is 19.7 Å². The first-order chi connectivity index (χ1) is 12.4. The Bertz CT molecular complexity index is 728. The Hall–Kier alpha value is -2.30. The molecule has 1 aliphatic rings. The van der Waals surface area contributed by atoms with Crippen molar-refractivity contribution >= 4 is 6.09 Å². The molecule has 5 nitrogen and oxygen atoms in total. The lowest BCUT2D eigenvalue weighted by atomic mass is 9.86. The number of carbonyl (C=O) groups excluding carboxylic acids is 1. The summed E-state index contributed by atoms with van der Waals surface area (Å²) in [5.74, 6) is 0. The maximum Gasteiger partial charge on any atom is 0.409 e. The number of carbonyl (C=O) groups is 1. The summed E-state index contributed by atoms with van der Waals surface area (Å²) in [6, 6.07) is 8.58. The summed E-state index contributed by atoms with van der Waals surface area (Å²) in [6.45, 7) is 8.43. The van der Waals surface area contributed by atoms with Gasteiger partial charge in [-0.05, 0) is 29.4 Å². The van der Waals surface area contributed by atoms with Crippen LogP contribution < -0.4 is 0 Å². The lowest BCUT2D eigenvalue weighted by Crippen LogP contribution is -2.36. The van der Waals surface area contributed by atoms with Crippen molar-refractivity contribution in [2.45, 2.75) is 51.9 Å². The number of rotatable bonds is 3. The molecule has 0 atom stereocenters. The second-order valence-corrected chi connectivity index (χ2v) is 7.98. The minimum absolute atomic E-state index is 0.157. The molecule has 2 heterocycles. The molecule has 0 saturated heterocycles. The molecular weight excluding hydrogens is 326 g/mol. The number of fused-ring (bicyclic) bond motifs is 1. The first-order valence-corrected chi connectivity index (χ1v) is 9.46. The number of aromatic nitrogens is 2. The molecule has 0 fully saturated rings. The number of aromatic amines is 1. The topological polar surface area (TPSA) is 58.2 Å². The average molecular weight is 355 g/mol. The molecule has 3 rings (SSSR count). The molecule has 0 saturated carbocycles. The van der Waals surface area contributed by atoms with Crippen LogP contribution in [0, 0.1) is 0 Å². The highest BCUT2D eigenvalue weighted by Crippen LogP contribution is 2.22. The van der Waals surface area contributed by atoms with Gasteiger partial charge in [0.2, 0.25) is 0 Å². The zero-order valence-corrected chi connectivity index (χ0v) is 16.0. The zero-order valence-electron chi connectivity index (χ0n) is 16.0. The van der Waals surface area contributed by atoms with Gasteiger partial charge in [0.15, 0.2) is 0 Å². The van der Waals surface area contributed by atoms with E-state index in [9.17, 15) is 4.79 Å². The van der Waals surface area contributed by atoms with Crippen LogP contribution in [0.4, 0.5) is 4.79 Å². The normalized spacial score (nSPS) is 15.1. The number of ether oxygens (including phenoxy) is 1. The second-order valence-electron chi connectivity index (χ2n) is 7.98.